The number of carbonyl (C=O) groups is 2. The zero-order valence-corrected chi connectivity index (χ0v) is 13.9. The van der Waals surface area contributed by atoms with Gasteiger partial charge in [-0.3, -0.25) is 4.79 Å². The predicted octanol–water partition coefficient (Wildman–Crippen LogP) is 3.05. The second-order valence-corrected chi connectivity index (χ2v) is 5.63. The van der Waals surface area contributed by atoms with Gasteiger partial charge in [0.1, 0.15) is 12.2 Å². The van der Waals surface area contributed by atoms with Crippen molar-refractivity contribution in [3.8, 4) is 0 Å². The van der Waals surface area contributed by atoms with Crippen LogP contribution in [0.1, 0.15) is 55.6 Å². The second kappa shape index (κ2) is 6.24. The van der Waals surface area contributed by atoms with Crippen LogP contribution in [-0.2, 0) is 11.3 Å². The molecule has 6 nitrogen and oxygen atoms in total. The summed E-state index contributed by atoms with van der Waals surface area (Å²) in [7, 11) is 0. The van der Waals surface area contributed by atoms with E-state index >= 15 is 0 Å². The van der Waals surface area contributed by atoms with Gasteiger partial charge in [0.15, 0.2) is 5.78 Å². The molecule has 1 heterocycles. The van der Waals surface area contributed by atoms with Crippen LogP contribution in [0.2, 0.25) is 0 Å². The summed E-state index contributed by atoms with van der Waals surface area (Å²) < 4.78 is 10.1. The average Bonchev–Trinajstić information content (AvgIpc) is 2.76. The SMILES string of the molecule is CC(=O)c1c(C)cc(C)c(COC(=O)c2c(C)noc2N)c1C. The van der Waals surface area contributed by atoms with Gasteiger partial charge in [-0.25, -0.2) is 4.79 Å². The molecule has 1 aromatic heterocycles. The first kappa shape index (κ1) is 16.7. The molecule has 0 aliphatic heterocycles. The van der Waals surface area contributed by atoms with Gasteiger partial charge in [0.05, 0.1) is 5.69 Å². The molecule has 0 spiro atoms. The number of hydrogen-bond acceptors (Lipinski definition) is 6. The fourth-order valence-electron chi connectivity index (χ4n) is 2.84. The van der Waals surface area contributed by atoms with Gasteiger partial charge < -0.3 is 15.0 Å². The van der Waals surface area contributed by atoms with Crippen LogP contribution in [0.15, 0.2) is 10.6 Å². The van der Waals surface area contributed by atoms with E-state index in [9.17, 15) is 9.59 Å². The quantitative estimate of drug-likeness (QED) is 0.688. The van der Waals surface area contributed by atoms with Crippen LogP contribution in [-0.4, -0.2) is 16.9 Å². The van der Waals surface area contributed by atoms with E-state index in [2.05, 4.69) is 5.16 Å². The third kappa shape index (κ3) is 3.11. The number of esters is 1. The first-order valence-electron chi connectivity index (χ1n) is 7.23. The molecular formula is C17H20N2O4. The maximum Gasteiger partial charge on any atom is 0.346 e. The molecule has 1 aromatic carbocycles. The molecule has 0 radical (unpaired) electrons. The number of rotatable bonds is 4. The van der Waals surface area contributed by atoms with Gasteiger partial charge in [-0.2, -0.15) is 0 Å². The number of anilines is 1. The monoisotopic (exact) mass is 316 g/mol. The number of nitrogens with zero attached hydrogens (tertiary/aromatic N) is 1. The molecule has 23 heavy (non-hydrogen) atoms. The minimum absolute atomic E-state index is 0.00769. The van der Waals surface area contributed by atoms with Crippen LogP contribution in [0.4, 0.5) is 5.88 Å². The number of ketones is 1. The molecule has 0 saturated heterocycles. The van der Waals surface area contributed by atoms with E-state index in [0.29, 0.717) is 11.3 Å². The van der Waals surface area contributed by atoms with E-state index < -0.39 is 5.97 Å². The lowest BCUT2D eigenvalue weighted by Gasteiger charge is -2.16. The summed E-state index contributed by atoms with van der Waals surface area (Å²) in [6.07, 6.45) is 0. The van der Waals surface area contributed by atoms with Crippen LogP contribution < -0.4 is 5.73 Å². The summed E-state index contributed by atoms with van der Waals surface area (Å²) in [5.74, 6) is -0.661. The predicted molar refractivity (Wildman–Crippen MR) is 85.4 cm³/mol. The first-order chi connectivity index (χ1) is 10.7. The standard InChI is InChI=1S/C17H20N2O4/c1-8-6-9(2)14(12(5)20)10(3)13(8)7-22-17(21)15-11(4)19-23-16(15)18/h6H,7,18H2,1-5H3. The number of benzene rings is 1. The zero-order valence-electron chi connectivity index (χ0n) is 13.9. The number of nitrogen functional groups attached to an aromatic ring is 1. The molecule has 6 heteroatoms. The Labute approximate surface area is 134 Å². The minimum atomic E-state index is -0.593. The van der Waals surface area contributed by atoms with Crippen LogP contribution in [0.25, 0.3) is 0 Å². The third-order valence-electron chi connectivity index (χ3n) is 3.92. The van der Waals surface area contributed by atoms with Crippen molar-refractivity contribution >= 4 is 17.6 Å². The lowest BCUT2D eigenvalue weighted by molar-refractivity contribution is 0.0471. The second-order valence-electron chi connectivity index (χ2n) is 5.63. The lowest BCUT2D eigenvalue weighted by Crippen LogP contribution is -2.11. The zero-order chi connectivity index (χ0) is 17.3. The third-order valence-corrected chi connectivity index (χ3v) is 3.92. The Hall–Kier alpha value is -2.63. The van der Waals surface area contributed by atoms with Crippen LogP contribution >= 0.6 is 0 Å². The Morgan fingerprint density at radius 3 is 2.35 bits per heavy atom. The minimum Gasteiger partial charge on any atom is -0.457 e. The van der Waals surface area contributed by atoms with E-state index in [-0.39, 0.29) is 23.8 Å². The van der Waals surface area contributed by atoms with E-state index in [4.69, 9.17) is 15.0 Å². The molecule has 2 aromatic rings. The number of aromatic nitrogens is 1. The van der Waals surface area contributed by atoms with Crippen LogP contribution in [0.3, 0.4) is 0 Å². The van der Waals surface area contributed by atoms with Crippen molar-refractivity contribution in [1.82, 2.24) is 5.16 Å². The molecule has 2 N–H and O–H groups in total. The number of ether oxygens (including phenoxy) is 1. The summed E-state index contributed by atoms with van der Waals surface area (Å²) in [6, 6.07) is 1.92. The number of hydrogen-bond donors (Lipinski definition) is 1. The number of nitrogens with two attached hydrogens (primary N) is 1. The summed E-state index contributed by atoms with van der Waals surface area (Å²) in [4.78, 5) is 24.0. The smallest absolute Gasteiger partial charge is 0.346 e. The molecule has 2 rings (SSSR count). The van der Waals surface area contributed by atoms with Crippen molar-refractivity contribution in [2.24, 2.45) is 0 Å². The highest BCUT2D eigenvalue weighted by molar-refractivity contribution is 5.97. The number of aryl methyl sites for hydroxylation is 3. The molecular weight excluding hydrogens is 296 g/mol. The Kier molecular flexibility index (Phi) is 4.54. The Balaban J connectivity index is 2.29. The molecule has 0 aliphatic rings. The number of carbonyl (C=O) groups excluding carboxylic acids is 2. The highest BCUT2D eigenvalue weighted by atomic mass is 16.5. The molecule has 0 unspecified atom stereocenters. The molecule has 0 saturated carbocycles. The van der Waals surface area contributed by atoms with Crippen LogP contribution in [0, 0.1) is 27.7 Å². The van der Waals surface area contributed by atoms with Gasteiger partial charge in [0, 0.05) is 5.56 Å². The lowest BCUT2D eigenvalue weighted by atomic mass is 9.92. The Morgan fingerprint density at radius 1 is 1.17 bits per heavy atom. The topological polar surface area (TPSA) is 95.4 Å². The first-order valence-corrected chi connectivity index (χ1v) is 7.23. The van der Waals surface area contributed by atoms with Gasteiger partial charge in [-0.1, -0.05) is 11.2 Å². The van der Waals surface area contributed by atoms with Crippen molar-refractivity contribution in [3.63, 3.8) is 0 Å². The number of Topliss-reactive ketones (excluding diaryl/α,β-unsaturated/α-hetero) is 1. The average molecular weight is 316 g/mol. The highest BCUT2D eigenvalue weighted by Gasteiger charge is 2.21. The molecule has 0 fully saturated rings. The van der Waals surface area contributed by atoms with E-state index in [1.807, 2.05) is 26.8 Å². The summed E-state index contributed by atoms with van der Waals surface area (Å²) in [6.45, 7) is 8.88. The van der Waals surface area contributed by atoms with Gasteiger partial charge in [0.25, 0.3) is 0 Å². The summed E-state index contributed by atoms with van der Waals surface area (Å²) in [5, 5.41) is 3.63. The highest BCUT2D eigenvalue weighted by Crippen LogP contribution is 2.24. The van der Waals surface area contributed by atoms with Gasteiger partial charge in [-0.05, 0) is 56.9 Å². The fourth-order valence-corrected chi connectivity index (χ4v) is 2.84. The molecule has 0 amide bonds. The van der Waals surface area contributed by atoms with Crippen molar-refractivity contribution < 1.29 is 18.8 Å². The molecule has 122 valence electrons. The van der Waals surface area contributed by atoms with E-state index in [1.54, 1.807) is 6.92 Å². The summed E-state index contributed by atoms with van der Waals surface area (Å²) >= 11 is 0. The molecule has 0 aliphatic carbocycles. The van der Waals surface area contributed by atoms with Crippen molar-refractivity contribution in [2.45, 2.75) is 41.2 Å². The Bertz CT molecular complexity index is 771. The van der Waals surface area contributed by atoms with E-state index in [1.165, 1.54) is 6.92 Å². The molecule has 0 bridgehead atoms. The van der Waals surface area contributed by atoms with Crippen molar-refractivity contribution in [1.29, 1.82) is 0 Å². The normalized spacial score (nSPS) is 10.7. The Morgan fingerprint density at radius 2 is 1.83 bits per heavy atom. The van der Waals surface area contributed by atoms with Gasteiger partial charge in [0.2, 0.25) is 5.88 Å². The summed E-state index contributed by atoms with van der Waals surface area (Å²) in [5.41, 5.74) is 10.3. The largest absolute Gasteiger partial charge is 0.457 e. The fraction of sp³-hybridized carbons (Fsp3) is 0.353. The molecule has 0 atom stereocenters. The van der Waals surface area contributed by atoms with E-state index in [0.717, 1.165) is 22.3 Å². The maximum atomic E-state index is 12.2. The van der Waals surface area contributed by atoms with Crippen LogP contribution in [0.5, 0.6) is 0 Å². The maximum absolute atomic E-state index is 12.2. The van der Waals surface area contributed by atoms with Crippen molar-refractivity contribution in [3.05, 3.63) is 45.1 Å². The van der Waals surface area contributed by atoms with Crippen molar-refractivity contribution in [2.75, 3.05) is 5.73 Å². The van der Waals surface area contributed by atoms with Gasteiger partial charge >= 0.3 is 5.97 Å². The van der Waals surface area contributed by atoms with Gasteiger partial charge in [-0.15, -0.1) is 0 Å².